The molecule has 1 aliphatic heterocycles. The van der Waals surface area contributed by atoms with Crippen molar-refractivity contribution in [1.29, 1.82) is 0 Å². The van der Waals surface area contributed by atoms with Crippen LogP contribution in [0.2, 0.25) is 0 Å². The lowest BCUT2D eigenvalue weighted by molar-refractivity contribution is 0.0736. The molecule has 0 N–H and O–H groups in total. The van der Waals surface area contributed by atoms with Gasteiger partial charge in [-0.15, -0.1) is 0 Å². The van der Waals surface area contributed by atoms with E-state index in [1.807, 2.05) is 36.1 Å². The minimum Gasteiger partial charge on any atom is -0.323 e. The minimum absolute atomic E-state index is 0.0300. The van der Waals surface area contributed by atoms with Crippen LogP contribution >= 0.6 is 0 Å². The molecule has 0 bridgehead atoms. The van der Waals surface area contributed by atoms with E-state index >= 15 is 0 Å². The van der Waals surface area contributed by atoms with Gasteiger partial charge in [0.15, 0.2) is 0 Å². The van der Waals surface area contributed by atoms with Crippen LogP contribution in [0.3, 0.4) is 0 Å². The van der Waals surface area contributed by atoms with Gasteiger partial charge in [-0.25, -0.2) is 0 Å². The summed E-state index contributed by atoms with van der Waals surface area (Å²) in [4.78, 5) is 15.2. The number of carbonyl (C=O) groups is 1. The summed E-state index contributed by atoms with van der Waals surface area (Å²) in [7, 11) is 0. The third kappa shape index (κ3) is 2.82. The van der Waals surface area contributed by atoms with Gasteiger partial charge in [0.05, 0.1) is 6.04 Å². The third-order valence-corrected chi connectivity index (χ3v) is 5.35. The zero-order chi connectivity index (χ0) is 18.3. The van der Waals surface area contributed by atoms with E-state index in [1.165, 1.54) is 16.7 Å². The summed E-state index contributed by atoms with van der Waals surface area (Å²) in [5, 5.41) is 0. The number of hydrogen-bond acceptors (Lipinski definition) is 1. The van der Waals surface area contributed by atoms with E-state index in [2.05, 4.69) is 56.3 Å². The molecule has 2 heteroatoms. The first-order chi connectivity index (χ1) is 12.5. The van der Waals surface area contributed by atoms with Crippen LogP contribution in [0.5, 0.6) is 0 Å². The van der Waals surface area contributed by atoms with Crippen molar-refractivity contribution in [3.05, 3.63) is 106 Å². The molecule has 0 aromatic heterocycles. The Morgan fingerprint density at radius 3 is 2.35 bits per heavy atom. The van der Waals surface area contributed by atoms with Crippen molar-refractivity contribution in [2.75, 3.05) is 0 Å². The fourth-order valence-electron chi connectivity index (χ4n) is 3.77. The molecule has 3 aromatic rings. The molecule has 26 heavy (non-hydrogen) atoms. The van der Waals surface area contributed by atoms with Crippen LogP contribution in [-0.2, 0) is 6.54 Å². The smallest absolute Gasteiger partial charge is 0.255 e. The number of hydrogen-bond donors (Lipinski definition) is 0. The van der Waals surface area contributed by atoms with E-state index in [4.69, 9.17) is 0 Å². The van der Waals surface area contributed by atoms with Crippen LogP contribution in [0.4, 0.5) is 0 Å². The van der Waals surface area contributed by atoms with Crippen LogP contribution in [0.25, 0.3) is 0 Å². The van der Waals surface area contributed by atoms with Crippen LogP contribution in [0.1, 0.15) is 49.8 Å². The van der Waals surface area contributed by atoms with Gasteiger partial charge in [0, 0.05) is 12.1 Å². The van der Waals surface area contributed by atoms with E-state index in [-0.39, 0.29) is 11.9 Å². The maximum absolute atomic E-state index is 13.2. The van der Waals surface area contributed by atoms with Crippen LogP contribution in [0, 0.1) is 20.8 Å². The van der Waals surface area contributed by atoms with E-state index < -0.39 is 0 Å². The molecule has 0 spiro atoms. The Bertz CT molecular complexity index is 975. The molecular formula is C24H23NO. The van der Waals surface area contributed by atoms with Gasteiger partial charge in [-0.3, -0.25) is 4.79 Å². The van der Waals surface area contributed by atoms with Gasteiger partial charge >= 0.3 is 0 Å². The Balaban J connectivity index is 1.83. The summed E-state index contributed by atoms with van der Waals surface area (Å²) in [5.74, 6) is 0.121. The second kappa shape index (κ2) is 6.45. The van der Waals surface area contributed by atoms with Gasteiger partial charge < -0.3 is 4.90 Å². The zero-order valence-corrected chi connectivity index (χ0v) is 15.5. The largest absolute Gasteiger partial charge is 0.323 e. The highest BCUT2D eigenvalue weighted by molar-refractivity contribution is 6.00. The van der Waals surface area contributed by atoms with Crippen molar-refractivity contribution in [2.24, 2.45) is 0 Å². The summed E-state index contributed by atoms with van der Waals surface area (Å²) in [5.41, 5.74) is 7.94. The number of carbonyl (C=O) groups excluding carboxylic acids is 1. The topological polar surface area (TPSA) is 20.3 Å². The van der Waals surface area contributed by atoms with E-state index in [0.29, 0.717) is 6.54 Å². The van der Waals surface area contributed by atoms with Gasteiger partial charge in [0.2, 0.25) is 0 Å². The lowest BCUT2D eigenvalue weighted by Gasteiger charge is -2.26. The monoisotopic (exact) mass is 341 g/mol. The normalized spacial score (nSPS) is 16.0. The van der Waals surface area contributed by atoms with Crippen LogP contribution in [-0.4, -0.2) is 10.8 Å². The first-order valence-corrected chi connectivity index (χ1v) is 9.07. The van der Waals surface area contributed by atoms with Crippen molar-refractivity contribution >= 4 is 5.91 Å². The Morgan fingerprint density at radius 1 is 0.846 bits per heavy atom. The van der Waals surface area contributed by atoms with Crippen molar-refractivity contribution in [2.45, 2.75) is 33.4 Å². The number of rotatable bonds is 3. The number of amides is 1. The molecule has 130 valence electrons. The third-order valence-electron chi connectivity index (χ3n) is 5.35. The highest BCUT2D eigenvalue weighted by Gasteiger charge is 2.37. The Hall–Kier alpha value is -2.87. The molecular weight excluding hydrogens is 318 g/mol. The molecule has 2 nitrogen and oxygen atoms in total. The van der Waals surface area contributed by atoms with Gasteiger partial charge in [-0.2, -0.15) is 0 Å². The number of nitrogens with zero attached hydrogens (tertiary/aromatic N) is 1. The summed E-state index contributed by atoms with van der Waals surface area (Å²) in [6.07, 6.45) is 0. The van der Waals surface area contributed by atoms with Crippen molar-refractivity contribution in [3.8, 4) is 0 Å². The molecule has 0 saturated heterocycles. The van der Waals surface area contributed by atoms with Gasteiger partial charge in [-0.1, -0.05) is 66.2 Å². The predicted molar refractivity (Wildman–Crippen MR) is 105 cm³/mol. The highest BCUT2D eigenvalue weighted by atomic mass is 16.2. The van der Waals surface area contributed by atoms with Gasteiger partial charge in [-0.05, 0) is 54.7 Å². The Labute approximate surface area is 155 Å². The average Bonchev–Trinajstić information content (AvgIpc) is 2.90. The van der Waals surface area contributed by atoms with Crippen molar-refractivity contribution < 1.29 is 4.79 Å². The van der Waals surface area contributed by atoms with E-state index in [9.17, 15) is 4.79 Å². The van der Waals surface area contributed by atoms with Crippen LogP contribution in [0.15, 0.2) is 66.7 Å². The summed E-state index contributed by atoms with van der Waals surface area (Å²) < 4.78 is 0. The zero-order valence-electron chi connectivity index (χ0n) is 15.5. The molecule has 4 rings (SSSR count). The second-order valence-electron chi connectivity index (χ2n) is 7.26. The first-order valence-electron chi connectivity index (χ1n) is 9.07. The molecule has 1 amide bonds. The summed E-state index contributed by atoms with van der Waals surface area (Å²) in [6.45, 7) is 6.91. The quantitative estimate of drug-likeness (QED) is 0.628. The average molecular weight is 341 g/mol. The lowest BCUT2D eigenvalue weighted by Crippen LogP contribution is -2.28. The number of benzene rings is 3. The standard InChI is InChI=1S/C24H23NO/c1-16-9-12-21-22(13-16)24(26)25(15-19-7-5-4-6-8-19)23(21)20-11-10-17(2)18(3)14-20/h4-14,23H,15H2,1-3H3. The molecule has 1 atom stereocenters. The Kier molecular flexibility index (Phi) is 4.12. The Morgan fingerprint density at radius 2 is 1.62 bits per heavy atom. The molecule has 3 aromatic carbocycles. The minimum atomic E-state index is -0.0300. The van der Waals surface area contributed by atoms with E-state index in [1.54, 1.807) is 0 Å². The molecule has 0 radical (unpaired) electrons. The molecule has 1 aliphatic rings. The fourth-order valence-corrected chi connectivity index (χ4v) is 3.77. The molecule has 0 fully saturated rings. The predicted octanol–water partition coefficient (Wildman–Crippen LogP) is 5.36. The maximum atomic E-state index is 13.2. The maximum Gasteiger partial charge on any atom is 0.255 e. The lowest BCUT2D eigenvalue weighted by atomic mass is 9.94. The first kappa shape index (κ1) is 16.6. The number of fused-ring (bicyclic) bond motifs is 1. The van der Waals surface area contributed by atoms with E-state index in [0.717, 1.165) is 22.3 Å². The van der Waals surface area contributed by atoms with Crippen molar-refractivity contribution in [1.82, 2.24) is 4.90 Å². The summed E-state index contributed by atoms with van der Waals surface area (Å²) >= 11 is 0. The SMILES string of the molecule is Cc1ccc2c(c1)C(=O)N(Cc1ccccc1)C2c1ccc(C)c(C)c1. The number of aryl methyl sites for hydroxylation is 3. The van der Waals surface area contributed by atoms with Gasteiger partial charge in [0.25, 0.3) is 5.91 Å². The molecule has 0 aliphatic carbocycles. The van der Waals surface area contributed by atoms with Crippen molar-refractivity contribution in [3.63, 3.8) is 0 Å². The van der Waals surface area contributed by atoms with Gasteiger partial charge in [0.1, 0.15) is 0 Å². The fraction of sp³-hybridized carbons (Fsp3) is 0.208. The molecule has 1 unspecified atom stereocenters. The summed E-state index contributed by atoms with van der Waals surface area (Å²) in [6, 6.07) is 23.0. The molecule has 1 heterocycles. The molecule has 0 saturated carbocycles. The second-order valence-corrected chi connectivity index (χ2v) is 7.26. The van der Waals surface area contributed by atoms with Crippen LogP contribution < -0.4 is 0 Å². The highest BCUT2D eigenvalue weighted by Crippen LogP contribution is 2.40.